The van der Waals surface area contributed by atoms with Crippen LogP contribution < -0.4 is 4.74 Å². The van der Waals surface area contributed by atoms with Crippen LogP contribution in [0.5, 0.6) is 5.75 Å². The Kier molecular flexibility index (Phi) is 10.3. The Hall–Kier alpha value is -0.980. The average molecular weight is 365 g/mol. The molecule has 1 aromatic carbocycles. The zero-order valence-corrected chi connectivity index (χ0v) is 20.6. The summed E-state index contributed by atoms with van der Waals surface area (Å²) in [6.45, 7) is 30.8. The van der Waals surface area contributed by atoms with Crippen molar-refractivity contribution in [1.82, 2.24) is 0 Å². The van der Waals surface area contributed by atoms with E-state index >= 15 is 0 Å². The molecule has 26 heavy (non-hydrogen) atoms. The molecule has 0 saturated heterocycles. The predicted molar refractivity (Wildman–Crippen MR) is 121 cm³/mol. The van der Waals surface area contributed by atoms with Crippen LogP contribution in [0.2, 0.25) is 0 Å². The van der Waals surface area contributed by atoms with Gasteiger partial charge in [0, 0.05) is 0 Å². The molecule has 1 heteroatoms. The fraction of sp³-hybridized carbons (Fsp3) is 0.760. The number of methoxy groups -OCH3 is 1. The van der Waals surface area contributed by atoms with Gasteiger partial charge >= 0.3 is 0 Å². The quantitative estimate of drug-likeness (QED) is 0.486. The van der Waals surface area contributed by atoms with Gasteiger partial charge in [-0.2, -0.15) is 0 Å². The summed E-state index contributed by atoms with van der Waals surface area (Å²) in [6, 6.07) is 6.57. The minimum atomic E-state index is 0.127. The van der Waals surface area contributed by atoms with Gasteiger partial charge < -0.3 is 4.74 Å². The first-order chi connectivity index (χ1) is 11.2. The lowest BCUT2D eigenvalue weighted by atomic mass is 9.81. The first-order valence-electron chi connectivity index (χ1n) is 9.85. The van der Waals surface area contributed by atoms with Crippen LogP contribution in [0, 0.1) is 10.8 Å². The maximum atomic E-state index is 5.51. The molecule has 0 heterocycles. The van der Waals surface area contributed by atoms with E-state index in [1.807, 2.05) is 0 Å². The molecule has 0 fully saturated rings. The number of benzene rings is 1. The molecule has 0 bridgehead atoms. The van der Waals surface area contributed by atoms with E-state index in [2.05, 4.69) is 115 Å². The van der Waals surface area contributed by atoms with E-state index in [1.54, 1.807) is 7.11 Å². The van der Waals surface area contributed by atoms with Gasteiger partial charge in [-0.05, 0) is 38.9 Å². The van der Waals surface area contributed by atoms with Crippen molar-refractivity contribution in [3.63, 3.8) is 0 Å². The summed E-state index contributed by atoms with van der Waals surface area (Å²) in [5, 5.41) is 0. The molecule has 0 unspecified atom stereocenters. The average Bonchev–Trinajstić information content (AvgIpc) is 2.31. The maximum Gasteiger partial charge on any atom is 0.122 e. The molecule has 0 saturated carbocycles. The number of hydrogen-bond donors (Lipinski definition) is 0. The smallest absolute Gasteiger partial charge is 0.122 e. The van der Waals surface area contributed by atoms with Crippen LogP contribution in [0.4, 0.5) is 0 Å². The highest BCUT2D eigenvalue weighted by atomic mass is 16.5. The zero-order chi connectivity index (χ0) is 21.6. The Balaban J connectivity index is 0. The van der Waals surface area contributed by atoms with Gasteiger partial charge in [0.1, 0.15) is 5.75 Å². The Bertz CT molecular complexity index is 487. The third-order valence-electron chi connectivity index (χ3n) is 2.88. The molecule has 0 aliphatic rings. The normalized spacial score (nSPS) is 12.4. The van der Waals surface area contributed by atoms with Gasteiger partial charge in [-0.15, -0.1) is 0 Å². The van der Waals surface area contributed by atoms with Crippen LogP contribution in [0.25, 0.3) is 0 Å². The molecule has 0 aliphatic carbocycles. The van der Waals surface area contributed by atoms with Crippen LogP contribution >= 0.6 is 0 Å². The lowest BCUT2D eigenvalue weighted by Crippen LogP contribution is -2.16. The lowest BCUT2D eigenvalue weighted by Gasteiger charge is -2.25. The molecule has 0 radical (unpaired) electrons. The van der Waals surface area contributed by atoms with Crippen molar-refractivity contribution < 1.29 is 4.74 Å². The monoisotopic (exact) mass is 364 g/mol. The van der Waals surface area contributed by atoms with Crippen LogP contribution in [0.15, 0.2) is 18.2 Å². The second-order valence-corrected chi connectivity index (χ2v) is 12.4. The van der Waals surface area contributed by atoms with Crippen LogP contribution in [-0.4, -0.2) is 7.11 Å². The summed E-state index contributed by atoms with van der Waals surface area (Å²) < 4.78 is 5.51. The molecule has 0 aliphatic heterocycles. The van der Waals surface area contributed by atoms with Crippen molar-refractivity contribution in [2.24, 2.45) is 10.8 Å². The number of rotatable bonds is 1. The van der Waals surface area contributed by atoms with Crippen LogP contribution in [-0.2, 0) is 10.8 Å². The van der Waals surface area contributed by atoms with Gasteiger partial charge in [0.15, 0.2) is 0 Å². The summed E-state index contributed by atoms with van der Waals surface area (Å²) in [7, 11) is 1.75. The van der Waals surface area contributed by atoms with Gasteiger partial charge in [0.2, 0.25) is 0 Å². The lowest BCUT2D eigenvalue weighted by molar-refractivity contribution is 0.395. The van der Waals surface area contributed by atoms with Gasteiger partial charge in [0.05, 0.1) is 7.11 Å². The van der Waals surface area contributed by atoms with E-state index in [1.165, 1.54) is 11.1 Å². The molecular formula is C25H48O. The summed E-state index contributed by atoms with van der Waals surface area (Å²) in [6.07, 6.45) is 0. The highest BCUT2D eigenvalue weighted by Crippen LogP contribution is 2.34. The molecule has 0 aromatic heterocycles. The van der Waals surface area contributed by atoms with E-state index in [9.17, 15) is 0 Å². The summed E-state index contributed by atoms with van der Waals surface area (Å²) in [5.74, 6) is 1.000. The minimum absolute atomic E-state index is 0.127. The van der Waals surface area contributed by atoms with Gasteiger partial charge in [-0.3, -0.25) is 0 Å². The van der Waals surface area contributed by atoms with Crippen LogP contribution in [0.1, 0.15) is 108 Å². The second kappa shape index (κ2) is 9.81. The third kappa shape index (κ3) is 16.5. The standard InChI is InChI=1S/C15H24O.2C5H12/c1-14(2,3)11-8-9-12(15(4,5)6)13(10-11)16-7;2*1-5(2,3)4/h8-10H,1-7H3;2*1-4H3. The van der Waals surface area contributed by atoms with Crippen molar-refractivity contribution in [3.05, 3.63) is 29.3 Å². The number of hydrogen-bond acceptors (Lipinski definition) is 1. The van der Waals surface area contributed by atoms with E-state index in [0.717, 1.165) is 5.75 Å². The molecule has 154 valence electrons. The molecule has 0 amide bonds. The van der Waals surface area contributed by atoms with E-state index in [4.69, 9.17) is 4.74 Å². The van der Waals surface area contributed by atoms with E-state index in [0.29, 0.717) is 10.8 Å². The highest BCUT2D eigenvalue weighted by molar-refractivity contribution is 5.43. The van der Waals surface area contributed by atoms with Crippen molar-refractivity contribution in [1.29, 1.82) is 0 Å². The Morgan fingerprint density at radius 1 is 0.577 bits per heavy atom. The maximum absolute atomic E-state index is 5.51. The molecular weight excluding hydrogens is 316 g/mol. The predicted octanol–water partition coefficient (Wildman–Crippen LogP) is 8.40. The van der Waals surface area contributed by atoms with Crippen molar-refractivity contribution in [2.75, 3.05) is 7.11 Å². The fourth-order valence-corrected chi connectivity index (χ4v) is 1.78. The zero-order valence-electron chi connectivity index (χ0n) is 20.6. The molecule has 0 atom stereocenters. The minimum Gasteiger partial charge on any atom is -0.496 e. The van der Waals surface area contributed by atoms with Crippen molar-refractivity contribution in [3.8, 4) is 5.75 Å². The first kappa shape index (κ1) is 27.2. The van der Waals surface area contributed by atoms with Gasteiger partial charge in [-0.25, -0.2) is 0 Å². The largest absolute Gasteiger partial charge is 0.496 e. The summed E-state index contributed by atoms with van der Waals surface area (Å²) >= 11 is 0. The van der Waals surface area contributed by atoms with E-state index < -0.39 is 0 Å². The summed E-state index contributed by atoms with van der Waals surface area (Å²) in [4.78, 5) is 0. The second-order valence-electron chi connectivity index (χ2n) is 12.4. The van der Waals surface area contributed by atoms with Gasteiger partial charge in [-0.1, -0.05) is 109 Å². The Morgan fingerprint density at radius 2 is 0.923 bits per heavy atom. The molecule has 1 nitrogen and oxygen atoms in total. The fourth-order valence-electron chi connectivity index (χ4n) is 1.78. The van der Waals surface area contributed by atoms with E-state index in [-0.39, 0.29) is 10.8 Å². The first-order valence-corrected chi connectivity index (χ1v) is 9.85. The van der Waals surface area contributed by atoms with Crippen molar-refractivity contribution in [2.45, 2.75) is 108 Å². The number of ether oxygens (including phenoxy) is 1. The Labute approximate surface area is 165 Å². The molecule has 0 N–H and O–H groups in total. The topological polar surface area (TPSA) is 9.23 Å². The SMILES string of the molecule is CC(C)(C)C.CC(C)(C)C.COc1cc(C(C)(C)C)ccc1C(C)(C)C. The third-order valence-corrected chi connectivity index (χ3v) is 2.88. The molecule has 0 spiro atoms. The molecule has 1 aromatic rings. The molecule has 1 rings (SSSR count). The van der Waals surface area contributed by atoms with Gasteiger partial charge in [0.25, 0.3) is 0 Å². The van der Waals surface area contributed by atoms with Crippen molar-refractivity contribution >= 4 is 0 Å². The van der Waals surface area contributed by atoms with Crippen LogP contribution in [0.3, 0.4) is 0 Å². The summed E-state index contributed by atoms with van der Waals surface area (Å²) in [5.41, 5.74) is 3.88. The Morgan fingerprint density at radius 3 is 1.15 bits per heavy atom. The highest BCUT2D eigenvalue weighted by Gasteiger charge is 2.21.